The van der Waals surface area contributed by atoms with Gasteiger partial charge in [0.05, 0.1) is 11.6 Å². The third-order valence-electron chi connectivity index (χ3n) is 3.75. The normalized spacial score (nSPS) is 11.6. The molecule has 0 spiro atoms. The standard InChI is InChI=1S/C20H15ClFNO3S/c21-14-8-9-15(16(22)11-14)20(25)26-12-18(24)23-19(17-7-4-10-27-17)13-5-2-1-3-6-13/h1-11,19H,12H2,(H,23,24)/t19-/m1/s1. The van der Waals surface area contributed by atoms with Crippen LogP contribution >= 0.6 is 22.9 Å². The smallest absolute Gasteiger partial charge is 0.341 e. The van der Waals surface area contributed by atoms with Gasteiger partial charge >= 0.3 is 5.97 Å². The van der Waals surface area contributed by atoms with Gasteiger partial charge < -0.3 is 10.1 Å². The first-order valence-corrected chi connectivity index (χ1v) is 9.30. The van der Waals surface area contributed by atoms with Crippen LogP contribution < -0.4 is 5.32 Å². The Morgan fingerprint density at radius 1 is 1.11 bits per heavy atom. The van der Waals surface area contributed by atoms with E-state index in [4.69, 9.17) is 16.3 Å². The van der Waals surface area contributed by atoms with E-state index in [9.17, 15) is 14.0 Å². The van der Waals surface area contributed by atoms with E-state index in [1.54, 1.807) is 0 Å². The van der Waals surface area contributed by atoms with Crippen LogP contribution in [0.3, 0.4) is 0 Å². The molecule has 2 aromatic carbocycles. The van der Waals surface area contributed by atoms with Gasteiger partial charge in [0.15, 0.2) is 6.61 Å². The van der Waals surface area contributed by atoms with Crippen LogP contribution in [0.1, 0.15) is 26.8 Å². The molecule has 0 fully saturated rings. The number of benzene rings is 2. The fourth-order valence-electron chi connectivity index (χ4n) is 2.49. The van der Waals surface area contributed by atoms with E-state index in [1.807, 2.05) is 47.8 Å². The van der Waals surface area contributed by atoms with E-state index >= 15 is 0 Å². The second-order valence-electron chi connectivity index (χ2n) is 5.63. The summed E-state index contributed by atoms with van der Waals surface area (Å²) < 4.78 is 18.7. The fraction of sp³-hybridized carbons (Fsp3) is 0.100. The van der Waals surface area contributed by atoms with Crippen molar-refractivity contribution in [3.63, 3.8) is 0 Å². The monoisotopic (exact) mass is 403 g/mol. The molecule has 138 valence electrons. The lowest BCUT2D eigenvalue weighted by molar-refractivity contribution is -0.124. The minimum absolute atomic E-state index is 0.170. The molecule has 27 heavy (non-hydrogen) atoms. The van der Waals surface area contributed by atoms with Crippen LogP contribution in [0.4, 0.5) is 4.39 Å². The average molecular weight is 404 g/mol. The molecule has 4 nitrogen and oxygen atoms in total. The molecular weight excluding hydrogens is 389 g/mol. The Hall–Kier alpha value is -2.70. The highest BCUT2D eigenvalue weighted by Crippen LogP contribution is 2.25. The third kappa shape index (κ3) is 4.93. The van der Waals surface area contributed by atoms with Crippen LogP contribution in [0.5, 0.6) is 0 Å². The molecule has 1 amide bonds. The van der Waals surface area contributed by atoms with Gasteiger partial charge in [-0.15, -0.1) is 11.3 Å². The lowest BCUT2D eigenvalue weighted by Crippen LogP contribution is -2.32. The van der Waals surface area contributed by atoms with Crippen molar-refractivity contribution >= 4 is 34.8 Å². The van der Waals surface area contributed by atoms with Gasteiger partial charge in [-0.25, -0.2) is 9.18 Å². The van der Waals surface area contributed by atoms with E-state index in [0.29, 0.717) is 0 Å². The summed E-state index contributed by atoms with van der Waals surface area (Å²) in [5.41, 5.74) is 0.633. The first-order chi connectivity index (χ1) is 13.0. The molecule has 3 rings (SSSR count). The number of rotatable bonds is 6. The molecule has 0 aliphatic heterocycles. The van der Waals surface area contributed by atoms with Crippen molar-refractivity contribution in [1.29, 1.82) is 0 Å². The zero-order valence-corrected chi connectivity index (χ0v) is 15.6. The lowest BCUT2D eigenvalue weighted by Gasteiger charge is -2.18. The summed E-state index contributed by atoms with van der Waals surface area (Å²) in [4.78, 5) is 25.2. The Labute approximate surface area is 164 Å². The highest BCUT2D eigenvalue weighted by atomic mass is 35.5. The number of nitrogens with one attached hydrogen (secondary N) is 1. The number of ether oxygens (including phenoxy) is 1. The van der Waals surface area contributed by atoms with E-state index in [2.05, 4.69) is 5.32 Å². The minimum Gasteiger partial charge on any atom is -0.452 e. The molecular formula is C20H15ClFNO3S. The topological polar surface area (TPSA) is 55.4 Å². The van der Waals surface area contributed by atoms with Crippen molar-refractivity contribution in [2.45, 2.75) is 6.04 Å². The van der Waals surface area contributed by atoms with E-state index in [1.165, 1.54) is 23.5 Å². The largest absolute Gasteiger partial charge is 0.452 e. The van der Waals surface area contributed by atoms with Crippen LogP contribution in [0.25, 0.3) is 0 Å². The molecule has 1 N–H and O–H groups in total. The van der Waals surface area contributed by atoms with Crippen molar-refractivity contribution in [2.24, 2.45) is 0 Å². The number of carbonyl (C=O) groups is 2. The number of halogens is 2. The van der Waals surface area contributed by atoms with Crippen molar-refractivity contribution < 1.29 is 18.7 Å². The summed E-state index contributed by atoms with van der Waals surface area (Å²) in [7, 11) is 0. The first kappa shape index (κ1) is 19.1. The average Bonchev–Trinajstić information content (AvgIpc) is 3.19. The van der Waals surface area contributed by atoms with Crippen molar-refractivity contribution in [3.05, 3.63) is 92.9 Å². The van der Waals surface area contributed by atoms with E-state index < -0.39 is 24.3 Å². The molecule has 7 heteroatoms. The van der Waals surface area contributed by atoms with Crippen molar-refractivity contribution in [3.8, 4) is 0 Å². The van der Waals surface area contributed by atoms with Crippen molar-refractivity contribution in [1.82, 2.24) is 5.32 Å². The fourth-order valence-corrected chi connectivity index (χ4v) is 3.45. The maximum Gasteiger partial charge on any atom is 0.341 e. The highest BCUT2D eigenvalue weighted by molar-refractivity contribution is 7.10. The first-order valence-electron chi connectivity index (χ1n) is 8.04. The number of amides is 1. The summed E-state index contributed by atoms with van der Waals surface area (Å²) in [6, 6.07) is 16.5. The van der Waals surface area contributed by atoms with Crippen molar-refractivity contribution in [2.75, 3.05) is 6.61 Å². The molecule has 1 aromatic heterocycles. The van der Waals surface area contributed by atoms with E-state index in [-0.39, 0.29) is 16.6 Å². The Bertz CT molecular complexity index is 932. The molecule has 1 heterocycles. The second kappa shape index (κ2) is 8.79. The Kier molecular flexibility index (Phi) is 6.21. The van der Waals surface area contributed by atoms with Crippen LogP contribution in [0, 0.1) is 5.82 Å². The predicted octanol–water partition coefficient (Wildman–Crippen LogP) is 4.60. The van der Waals surface area contributed by atoms with Gasteiger partial charge in [-0.2, -0.15) is 0 Å². The third-order valence-corrected chi connectivity index (χ3v) is 4.92. The molecule has 1 atom stereocenters. The van der Waals surface area contributed by atoms with Gasteiger partial charge in [-0.3, -0.25) is 4.79 Å². The molecule has 0 aliphatic carbocycles. The van der Waals surface area contributed by atoms with Crippen LogP contribution in [0.2, 0.25) is 5.02 Å². The summed E-state index contributed by atoms with van der Waals surface area (Å²) >= 11 is 7.17. The summed E-state index contributed by atoms with van der Waals surface area (Å²) in [6.45, 7) is -0.518. The molecule has 3 aromatic rings. The predicted molar refractivity (Wildman–Crippen MR) is 102 cm³/mol. The molecule has 0 saturated carbocycles. The maximum absolute atomic E-state index is 13.8. The Morgan fingerprint density at radius 3 is 2.56 bits per heavy atom. The summed E-state index contributed by atoms with van der Waals surface area (Å²) in [5, 5.41) is 4.93. The van der Waals surface area contributed by atoms with Crippen LogP contribution in [-0.4, -0.2) is 18.5 Å². The number of carbonyl (C=O) groups excluding carboxylic acids is 2. The van der Waals surface area contributed by atoms with Gasteiger partial charge in [-0.1, -0.05) is 48.0 Å². The second-order valence-corrected chi connectivity index (χ2v) is 7.04. The molecule has 0 unspecified atom stereocenters. The van der Waals surface area contributed by atoms with Gasteiger partial charge in [0.2, 0.25) is 0 Å². The highest BCUT2D eigenvalue weighted by Gasteiger charge is 2.20. The SMILES string of the molecule is O=C(COC(=O)c1ccc(Cl)cc1F)N[C@H](c1ccccc1)c1cccs1. The van der Waals surface area contributed by atoms with Gasteiger partial charge in [0.25, 0.3) is 5.91 Å². The number of hydrogen-bond donors (Lipinski definition) is 1. The van der Waals surface area contributed by atoms with Gasteiger partial charge in [0, 0.05) is 9.90 Å². The Balaban J connectivity index is 1.65. The Morgan fingerprint density at radius 2 is 1.89 bits per heavy atom. The number of esters is 1. The van der Waals surface area contributed by atoms with Crippen LogP contribution in [0.15, 0.2) is 66.0 Å². The minimum atomic E-state index is -0.924. The summed E-state index contributed by atoms with van der Waals surface area (Å²) in [6.07, 6.45) is 0. The van der Waals surface area contributed by atoms with Crippen LogP contribution in [-0.2, 0) is 9.53 Å². The van der Waals surface area contributed by atoms with Gasteiger partial charge in [-0.05, 0) is 35.2 Å². The van der Waals surface area contributed by atoms with Gasteiger partial charge in [0.1, 0.15) is 5.82 Å². The number of thiophene rings is 1. The molecule has 0 aliphatic rings. The quantitative estimate of drug-likeness (QED) is 0.612. The molecule has 0 radical (unpaired) electrons. The lowest BCUT2D eigenvalue weighted by atomic mass is 10.1. The molecule has 0 saturated heterocycles. The zero-order chi connectivity index (χ0) is 19.2. The van der Waals surface area contributed by atoms with E-state index in [0.717, 1.165) is 16.5 Å². The maximum atomic E-state index is 13.8. The zero-order valence-electron chi connectivity index (χ0n) is 14.0. The molecule has 0 bridgehead atoms. The number of hydrogen-bond acceptors (Lipinski definition) is 4. The summed E-state index contributed by atoms with van der Waals surface area (Å²) in [5.74, 6) is -2.21.